The maximum atomic E-state index is 12.2. The van der Waals surface area contributed by atoms with Crippen LogP contribution in [-0.2, 0) is 4.79 Å². The summed E-state index contributed by atoms with van der Waals surface area (Å²) in [6, 6.07) is 14.1. The van der Waals surface area contributed by atoms with Crippen LogP contribution in [0, 0.1) is 30.3 Å². The van der Waals surface area contributed by atoms with Crippen molar-refractivity contribution in [2.45, 2.75) is 0 Å². The normalized spacial score (nSPS) is 10.5. The summed E-state index contributed by atoms with van der Waals surface area (Å²) >= 11 is 0. The van der Waals surface area contributed by atoms with Crippen LogP contribution in [0.3, 0.4) is 0 Å². The summed E-state index contributed by atoms with van der Waals surface area (Å²) in [7, 11) is 0. The third kappa shape index (κ3) is 7.38. The number of carbonyl (C=O) groups excluding carboxylic acids is 2. The highest BCUT2D eigenvalue weighted by Crippen LogP contribution is 2.22. The Labute approximate surface area is 206 Å². The molecule has 3 aromatic carbocycles. The number of rotatable bonds is 10. The van der Waals surface area contributed by atoms with Gasteiger partial charge in [-0.2, -0.15) is 5.10 Å². The molecule has 2 N–H and O–H groups in total. The highest BCUT2D eigenvalue weighted by atomic mass is 16.6. The van der Waals surface area contributed by atoms with Crippen LogP contribution in [0.4, 0.5) is 22.7 Å². The summed E-state index contributed by atoms with van der Waals surface area (Å²) in [4.78, 5) is 54.6. The standard InChI is InChI=1S/C22H16N6O9/c29-21(24-16-2-1-3-17(10-16)26(31)32)13-37-20-6-4-14(5-7-20)12-23-25-22(30)15-8-18(27(33)34)11-19(9-15)28(35)36/h1-12H,13H2,(H,24,29)(H,25,30). The van der Waals surface area contributed by atoms with Crippen molar-refractivity contribution in [2.75, 3.05) is 11.9 Å². The monoisotopic (exact) mass is 508 g/mol. The Bertz CT molecular complexity index is 1370. The number of anilines is 1. The summed E-state index contributed by atoms with van der Waals surface area (Å²) in [5.74, 6) is -1.09. The van der Waals surface area contributed by atoms with E-state index in [9.17, 15) is 39.9 Å². The average Bonchev–Trinajstić information content (AvgIpc) is 2.88. The van der Waals surface area contributed by atoms with Gasteiger partial charge in [-0.3, -0.25) is 39.9 Å². The molecule has 3 aromatic rings. The Kier molecular flexibility index (Phi) is 8.12. The number of nitro groups is 3. The van der Waals surface area contributed by atoms with E-state index in [-0.39, 0.29) is 23.5 Å². The molecule has 3 rings (SSSR count). The number of carbonyl (C=O) groups is 2. The number of nitro benzene ring substituents is 3. The van der Waals surface area contributed by atoms with Gasteiger partial charge < -0.3 is 10.1 Å². The van der Waals surface area contributed by atoms with Crippen LogP contribution < -0.4 is 15.5 Å². The van der Waals surface area contributed by atoms with Crippen molar-refractivity contribution in [1.29, 1.82) is 0 Å². The first-order chi connectivity index (χ1) is 17.6. The first-order valence-electron chi connectivity index (χ1n) is 10.2. The van der Waals surface area contributed by atoms with Gasteiger partial charge in [-0.25, -0.2) is 5.43 Å². The van der Waals surface area contributed by atoms with Crippen molar-refractivity contribution in [3.63, 3.8) is 0 Å². The number of hydrogen-bond donors (Lipinski definition) is 2. The topological polar surface area (TPSA) is 209 Å². The highest BCUT2D eigenvalue weighted by molar-refractivity contribution is 5.96. The number of hydrogen-bond acceptors (Lipinski definition) is 10. The molecular formula is C22H16N6O9. The molecule has 0 unspecified atom stereocenters. The van der Waals surface area contributed by atoms with E-state index in [0.29, 0.717) is 11.3 Å². The van der Waals surface area contributed by atoms with E-state index in [1.165, 1.54) is 42.6 Å². The summed E-state index contributed by atoms with van der Waals surface area (Å²) in [5.41, 5.74) is 1.18. The van der Waals surface area contributed by atoms with Gasteiger partial charge in [0, 0.05) is 30.0 Å². The Morgan fingerprint density at radius 2 is 1.46 bits per heavy atom. The molecule has 0 aliphatic heterocycles. The van der Waals surface area contributed by atoms with Crippen molar-refractivity contribution >= 4 is 40.8 Å². The number of hydrazone groups is 1. The van der Waals surface area contributed by atoms with Crippen molar-refractivity contribution < 1.29 is 29.1 Å². The molecule has 0 bridgehead atoms. The number of non-ortho nitro benzene ring substituents is 3. The van der Waals surface area contributed by atoms with E-state index in [1.54, 1.807) is 12.1 Å². The highest BCUT2D eigenvalue weighted by Gasteiger charge is 2.19. The summed E-state index contributed by atoms with van der Waals surface area (Å²) < 4.78 is 5.36. The number of nitrogens with one attached hydrogen (secondary N) is 2. The second-order valence-corrected chi connectivity index (χ2v) is 7.16. The molecule has 0 aliphatic rings. The molecule has 0 aliphatic carbocycles. The Hall–Kier alpha value is -5.73. The van der Waals surface area contributed by atoms with Crippen LogP contribution in [0.15, 0.2) is 71.8 Å². The summed E-state index contributed by atoms with van der Waals surface area (Å²) in [6.07, 6.45) is 1.25. The van der Waals surface area contributed by atoms with Gasteiger partial charge >= 0.3 is 0 Å². The second-order valence-electron chi connectivity index (χ2n) is 7.16. The Morgan fingerprint density at radius 1 is 0.838 bits per heavy atom. The second kappa shape index (κ2) is 11.6. The van der Waals surface area contributed by atoms with Gasteiger partial charge in [0.15, 0.2) is 6.61 Å². The van der Waals surface area contributed by atoms with Crippen LogP contribution in [0.25, 0.3) is 0 Å². The van der Waals surface area contributed by atoms with Crippen molar-refractivity contribution in [1.82, 2.24) is 5.43 Å². The molecular weight excluding hydrogens is 492 g/mol. The smallest absolute Gasteiger partial charge is 0.277 e. The molecule has 37 heavy (non-hydrogen) atoms. The van der Waals surface area contributed by atoms with Gasteiger partial charge in [-0.05, 0) is 35.9 Å². The lowest BCUT2D eigenvalue weighted by Crippen LogP contribution is -2.20. The molecule has 0 atom stereocenters. The maximum Gasteiger partial charge on any atom is 0.277 e. The predicted octanol–water partition coefficient (Wildman–Crippen LogP) is 3.19. The zero-order valence-corrected chi connectivity index (χ0v) is 18.6. The van der Waals surface area contributed by atoms with Crippen LogP contribution >= 0.6 is 0 Å². The average molecular weight is 508 g/mol. The van der Waals surface area contributed by atoms with Gasteiger partial charge in [0.25, 0.3) is 28.9 Å². The predicted molar refractivity (Wildman–Crippen MR) is 128 cm³/mol. The molecule has 188 valence electrons. The minimum atomic E-state index is -0.891. The van der Waals surface area contributed by atoms with Crippen molar-refractivity contribution in [2.24, 2.45) is 5.10 Å². The molecule has 2 amide bonds. The maximum absolute atomic E-state index is 12.2. The number of benzene rings is 3. The van der Waals surface area contributed by atoms with Gasteiger partial charge in [0.05, 0.1) is 32.6 Å². The molecule has 0 fully saturated rings. The SMILES string of the molecule is O=C(COc1ccc(C=NNC(=O)c2cc([N+](=O)[O-])cc([N+](=O)[O-])c2)cc1)Nc1cccc([N+](=O)[O-])c1. The van der Waals surface area contributed by atoms with E-state index in [0.717, 1.165) is 18.2 Å². The molecule has 0 spiro atoms. The summed E-state index contributed by atoms with van der Waals surface area (Å²) in [6.45, 7) is -0.360. The molecule has 0 saturated heterocycles. The minimum Gasteiger partial charge on any atom is -0.484 e. The fraction of sp³-hybridized carbons (Fsp3) is 0.0455. The van der Waals surface area contributed by atoms with E-state index in [4.69, 9.17) is 4.74 Å². The van der Waals surface area contributed by atoms with Crippen LogP contribution in [-0.4, -0.2) is 39.4 Å². The number of ether oxygens (including phenoxy) is 1. The number of amides is 2. The Balaban J connectivity index is 1.54. The lowest BCUT2D eigenvalue weighted by Gasteiger charge is -2.07. The summed E-state index contributed by atoms with van der Waals surface area (Å²) in [5, 5.41) is 38.9. The van der Waals surface area contributed by atoms with E-state index in [2.05, 4.69) is 15.8 Å². The van der Waals surface area contributed by atoms with Gasteiger partial charge in [0.2, 0.25) is 0 Å². The van der Waals surface area contributed by atoms with Gasteiger partial charge in [-0.1, -0.05) is 6.07 Å². The number of nitrogens with zero attached hydrogens (tertiary/aromatic N) is 4. The molecule has 15 nitrogen and oxygen atoms in total. The van der Waals surface area contributed by atoms with Crippen LogP contribution in [0.5, 0.6) is 5.75 Å². The molecule has 0 aromatic heterocycles. The fourth-order valence-corrected chi connectivity index (χ4v) is 2.86. The first-order valence-corrected chi connectivity index (χ1v) is 10.2. The lowest BCUT2D eigenvalue weighted by molar-refractivity contribution is -0.394. The van der Waals surface area contributed by atoms with Crippen molar-refractivity contribution in [3.8, 4) is 5.75 Å². The van der Waals surface area contributed by atoms with Crippen molar-refractivity contribution in [3.05, 3.63) is 108 Å². The minimum absolute atomic E-state index is 0.168. The zero-order chi connectivity index (χ0) is 26.9. The zero-order valence-electron chi connectivity index (χ0n) is 18.6. The fourth-order valence-electron chi connectivity index (χ4n) is 2.86. The van der Waals surface area contributed by atoms with Gasteiger partial charge in [0.1, 0.15) is 5.75 Å². The molecule has 0 saturated carbocycles. The molecule has 0 heterocycles. The molecule has 0 radical (unpaired) electrons. The van der Waals surface area contributed by atoms with Gasteiger partial charge in [-0.15, -0.1) is 0 Å². The van der Waals surface area contributed by atoms with E-state index in [1.807, 2.05) is 0 Å². The van der Waals surface area contributed by atoms with Crippen LogP contribution in [0.2, 0.25) is 0 Å². The third-order valence-electron chi connectivity index (χ3n) is 4.56. The quantitative estimate of drug-likeness (QED) is 0.233. The molecule has 15 heteroatoms. The Morgan fingerprint density at radius 3 is 2.05 bits per heavy atom. The largest absolute Gasteiger partial charge is 0.484 e. The first kappa shape index (κ1) is 25.9. The van der Waals surface area contributed by atoms with E-state index < -0.39 is 38.0 Å². The van der Waals surface area contributed by atoms with Crippen LogP contribution in [0.1, 0.15) is 15.9 Å². The third-order valence-corrected chi connectivity index (χ3v) is 4.56. The lowest BCUT2D eigenvalue weighted by atomic mass is 10.1. The van der Waals surface area contributed by atoms with E-state index >= 15 is 0 Å².